The summed E-state index contributed by atoms with van der Waals surface area (Å²) in [5, 5.41) is 8.74. The fourth-order valence-corrected chi connectivity index (χ4v) is 3.54. The fourth-order valence-electron chi connectivity index (χ4n) is 3.54. The van der Waals surface area contributed by atoms with Gasteiger partial charge in [-0.3, -0.25) is 14.4 Å². The number of amides is 2. The van der Waals surface area contributed by atoms with Gasteiger partial charge in [-0.2, -0.15) is 0 Å². The zero-order chi connectivity index (χ0) is 37.7. The van der Waals surface area contributed by atoms with E-state index in [9.17, 15) is 14.4 Å². The summed E-state index contributed by atoms with van der Waals surface area (Å²) in [7, 11) is 0. The van der Waals surface area contributed by atoms with Gasteiger partial charge >= 0.3 is 5.97 Å². The average Bonchev–Trinajstić information content (AvgIpc) is 3.09. The first kappa shape index (κ1) is 48.3. The Morgan fingerprint density at radius 1 is 0.588 bits per heavy atom. The molecule has 0 spiro atoms. The molecule has 51 heavy (non-hydrogen) atoms. The molecule has 0 saturated heterocycles. The van der Waals surface area contributed by atoms with Gasteiger partial charge in [0.1, 0.15) is 11.6 Å². The van der Waals surface area contributed by atoms with E-state index >= 15 is 0 Å². The highest BCUT2D eigenvalue weighted by Crippen LogP contribution is 2.09. The Kier molecular flexibility index (Phi) is 33.8. The molecule has 2 amide bonds. The van der Waals surface area contributed by atoms with Crippen LogP contribution in [0.25, 0.3) is 10.4 Å². The van der Waals surface area contributed by atoms with Gasteiger partial charge in [0, 0.05) is 37.4 Å². The minimum Gasteiger partial charge on any atom is -0.459 e. The van der Waals surface area contributed by atoms with Crippen LogP contribution >= 0.6 is 0 Å². The van der Waals surface area contributed by atoms with Crippen molar-refractivity contribution in [1.29, 1.82) is 0 Å². The van der Waals surface area contributed by atoms with Crippen LogP contribution in [-0.4, -0.2) is 168 Å². The van der Waals surface area contributed by atoms with Crippen molar-refractivity contribution >= 4 is 17.8 Å². The minimum atomic E-state index is -0.867. The highest BCUT2D eigenvalue weighted by Gasteiger charge is 2.22. The fraction of sp³-hybridized carbons (Fsp3) is 0.906. The Hall–Kier alpha value is -2.68. The molecule has 0 aliphatic heterocycles. The van der Waals surface area contributed by atoms with Gasteiger partial charge in [0.15, 0.2) is 0 Å². The van der Waals surface area contributed by atoms with E-state index in [1.807, 2.05) is 0 Å². The van der Waals surface area contributed by atoms with Crippen LogP contribution < -0.4 is 16.4 Å². The molecule has 0 bridgehead atoms. The van der Waals surface area contributed by atoms with Gasteiger partial charge in [0.05, 0.1) is 119 Å². The van der Waals surface area contributed by atoms with Gasteiger partial charge in [0.25, 0.3) is 0 Å². The molecule has 0 aliphatic rings. The second-order valence-corrected chi connectivity index (χ2v) is 11.6. The zero-order valence-corrected chi connectivity index (χ0v) is 30.8. The van der Waals surface area contributed by atoms with Crippen LogP contribution in [0.1, 0.15) is 40.0 Å². The van der Waals surface area contributed by atoms with E-state index < -0.39 is 17.6 Å². The maximum Gasteiger partial charge on any atom is 0.323 e. The van der Waals surface area contributed by atoms with Crippen molar-refractivity contribution in [1.82, 2.24) is 10.6 Å². The monoisotopic (exact) mass is 738 g/mol. The van der Waals surface area contributed by atoms with Crippen molar-refractivity contribution in [2.45, 2.75) is 51.7 Å². The predicted octanol–water partition coefficient (Wildman–Crippen LogP) is 0.518. The van der Waals surface area contributed by atoms with Crippen LogP contribution in [0.15, 0.2) is 5.11 Å². The van der Waals surface area contributed by atoms with E-state index in [-0.39, 0.29) is 50.8 Å². The Labute approximate surface area is 301 Å². The summed E-state index contributed by atoms with van der Waals surface area (Å²) in [5.41, 5.74) is 13.3. The number of hydrogen-bond acceptors (Lipinski definition) is 15. The van der Waals surface area contributed by atoms with Crippen molar-refractivity contribution in [2.75, 3.05) is 139 Å². The van der Waals surface area contributed by atoms with Crippen LogP contribution in [0.2, 0.25) is 0 Å². The van der Waals surface area contributed by atoms with Gasteiger partial charge in [0.2, 0.25) is 11.8 Å². The number of carbonyl (C=O) groups is 3. The molecule has 4 N–H and O–H groups in total. The van der Waals surface area contributed by atoms with E-state index in [0.717, 1.165) is 0 Å². The minimum absolute atomic E-state index is 0.0832. The molecule has 0 aromatic rings. The van der Waals surface area contributed by atoms with E-state index in [4.69, 9.17) is 58.6 Å². The van der Waals surface area contributed by atoms with Crippen molar-refractivity contribution in [3.63, 3.8) is 0 Å². The summed E-state index contributed by atoms with van der Waals surface area (Å²) in [6.07, 6.45) is 0.447. The van der Waals surface area contributed by atoms with Crippen molar-refractivity contribution < 1.29 is 61.8 Å². The molecular formula is C32H62N6O13. The summed E-state index contributed by atoms with van der Waals surface area (Å²) in [5.74, 6) is -0.989. The Morgan fingerprint density at radius 3 is 1.27 bits per heavy atom. The quantitative estimate of drug-likeness (QED) is 0.0259. The smallest absolute Gasteiger partial charge is 0.323 e. The lowest BCUT2D eigenvalue weighted by atomic mass is 10.1. The molecule has 0 fully saturated rings. The summed E-state index contributed by atoms with van der Waals surface area (Å²) < 4.78 is 53.8. The number of nitrogens with one attached hydrogen (secondary N) is 2. The number of azide groups is 1. The standard InChI is InChI=1S/C32H62N6O13/c1-32(2,3)51-31(41)28(33)4-5-29(39)35-7-8-36-30(40)6-10-42-12-14-44-16-18-46-20-22-48-24-26-50-27-25-49-23-21-47-19-17-45-15-13-43-11-9-37-38-34/h28H,4-27,33H2,1-3H3,(H,35,39)(H,36,40)/t28-/m0/s1. The molecule has 0 rings (SSSR count). The van der Waals surface area contributed by atoms with Crippen LogP contribution in [0.3, 0.4) is 0 Å². The summed E-state index contributed by atoms with van der Waals surface area (Å²) >= 11 is 0. The third kappa shape index (κ3) is 38.4. The molecule has 0 aromatic carbocycles. The number of rotatable bonds is 37. The third-order valence-electron chi connectivity index (χ3n) is 6.01. The SMILES string of the molecule is CC(C)(C)OC(=O)[C@@H](N)CCC(=O)NCCNC(=O)CCOCCOCCOCCOCCOCCOCCOCCOCCOCCN=[N+]=[N-]. The lowest BCUT2D eigenvalue weighted by Crippen LogP contribution is -2.39. The second-order valence-electron chi connectivity index (χ2n) is 11.6. The highest BCUT2D eigenvalue weighted by molar-refractivity contribution is 5.79. The number of ether oxygens (including phenoxy) is 10. The molecule has 0 heterocycles. The largest absolute Gasteiger partial charge is 0.459 e. The van der Waals surface area contributed by atoms with Gasteiger partial charge in [-0.15, -0.1) is 0 Å². The van der Waals surface area contributed by atoms with Gasteiger partial charge in [-0.25, -0.2) is 0 Å². The molecule has 19 heteroatoms. The second kappa shape index (κ2) is 35.7. The van der Waals surface area contributed by atoms with Gasteiger partial charge in [-0.1, -0.05) is 5.11 Å². The maximum atomic E-state index is 11.9. The maximum absolute atomic E-state index is 11.9. The van der Waals surface area contributed by atoms with Gasteiger partial charge in [-0.05, 0) is 32.7 Å². The van der Waals surface area contributed by atoms with Crippen LogP contribution in [0.4, 0.5) is 0 Å². The zero-order valence-electron chi connectivity index (χ0n) is 30.8. The lowest BCUT2D eigenvalue weighted by molar-refractivity contribution is -0.156. The Bertz CT molecular complexity index is 907. The van der Waals surface area contributed by atoms with Crippen LogP contribution in [0, 0.1) is 0 Å². The first-order valence-corrected chi connectivity index (χ1v) is 17.4. The van der Waals surface area contributed by atoms with E-state index in [1.54, 1.807) is 20.8 Å². The molecular weight excluding hydrogens is 676 g/mol. The average molecular weight is 739 g/mol. The lowest BCUT2D eigenvalue weighted by Gasteiger charge is -2.22. The van der Waals surface area contributed by atoms with Crippen LogP contribution in [0.5, 0.6) is 0 Å². The first-order chi connectivity index (χ1) is 24.7. The van der Waals surface area contributed by atoms with E-state index in [1.165, 1.54) is 0 Å². The third-order valence-corrected chi connectivity index (χ3v) is 6.01. The van der Waals surface area contributed by atoms with E-state index in [0.29, 0.717) is 119 Å². The molecule has 19 nitrogen and oxygen atoms in total. The molecule has 0 saturated carbocycles. The highest BCUT2D eigenvalue weighted by atomic mass is 16.6. The van der Waals surface area contributed by atoms with Gasteiger partial charge < -0.3 is 63.7 Å². The number of hydrogen-bond donors (Lipinski definition) is 3. The molecule has 1 atom stereocenters. The summed E-state index contributed by atoms with van der Waals surface area (Å²) in [6.45, 7) is 13.9. The summed E-state index contributed by atoms with van der Waals surface area (Å²) in [4.78, 5) is 38.3. The Morgan fingerprint density at radius 2 is 0.922 bits per heavy atom. The topological polar surface area (TPSA) is 242 Å². The van der Waals surface area contributed by atoms with Crippen molar-refractivity contribution in [2.24, 2.45) is 10.8 Å². The number of esters is 1. The number of nitrogens with zero attached hydrogens (tertiary/aromatic N) is 3. The molecule has 0 aliphatic carbocycles. The number of carbonyl (C=O) groups excluding carboxylic acids is 3. The normalized spacial score (nSPS) is 11.9. The van der Waals surface area contributed by atoms with Crippen molar-refractivity contribution in [3.8, 4) is 0 Å². The molecule has 0 unspecified atom stereocenters. The molecule has 0 radical (unpaired) electrons. The first-order valence-electron chi connectivity index (χ1n) is 17.4. The Balaban J connectivity index is 3.29. The molecule has 298 valence electrons. The van der Waals surface area contributed by atoms with Crippen molar-refractivity contribution in [3.05, 3.63) is 10.4 Å². The predicted molar refractivity (Wildman–Crippen MR) is 185 cm³/mol. The number of nitrogens with two attached hydrogens (primary N) is 1. The molecule has 0 aromatic heterocycles. The van der Waals surface area contributed by atoms with Crippen LogP contribution in [-0.2, 0) is 61.8 Å². The summed E-state index contributed by atoms with van der Waals surface area (Å²) in [6, 6.07) is -0.867. The van der Waals surface area contributed by atoms with E-state index in [2.05, 4.69) is 20.7 Å².